The molecule has 0 atom stereocenters. The van der Waals surface area contributed by atoms with E-state index in [1.54, 1.807) is 0 Å². The number of hydrogen-bond donors (Lipinski definition) is 0. The molecule has 0 radical (unpaired) electrons. The number of hydrogen-bond acceptors (Lipinski definition) is 1. The van der Waals surface area contributed by atoms with E-state index in [1.165, 1.54) is 16.8 Å². The van der Waals surface area contributed by atoms with Crippen LogP contribution in [0, 0.1) is 6.92 Å². The lowest BCUT2D eigenvalue weighted by atomic mass is 10.1. The first-order valence-electron chi connectivity index (χ1n) is 6.71. The van der Waals surface area contributed by atoms with Gasteiger partial charge in [-0.3, -0.25) is 0 Å². The van der Waals surface area contributed by atoms with E-state index in [1.807, 2.05) is 0 Å². The number of rotatable bonds is 6. The molecule has 0 amide bonds. The highest BCUT2D eigenvalue weighted by Crippen LogP contribution is 2.16. The standard InChI is InChI=1S/C17H20ClN/c1-15-6-5-9-17(14-15)19(13-11-18)12-10-16-7-3-2-4-8-16/h2-9,14H,10-13H2,1H3. The minimum Gasteiger partial charge on any atom is -0.370 e. The molecule has 0 saturated carbocycles. The molecule has 0 unspecified atom stereocenters. The van der Waals surface area contributed by atoms with Gasteiger partial charge in [0.15, 0.2) is 0 Å². The summed E-state index contributed by atoms with van der Waals surface area (Å²) in [6.45, 7) is 4.01. The molecule has 0 spiro atoms. The third kappa shape index (κ3) is 4.29. The molecule has 0 N–H and O–H groups in total. The third-order valence-corrected chi connectivity index (χ3v) is 3.40. The Balaban J connectivity index is 2.04. The normalized spacial score (nSPS) is 10.4. The van der Waals surface area contributed by atoms with Crippen molar-refractivity contribution in [1.82, 2.24) is 0 Å². The van der Waals surface area contributed by atoms with Gasteiger partial charge in [-0.1, -0.05) is 42.5 Å². The highest BCUT2D eigenvalue weighted by atomic mass is 35.5. The zero-order valence-corrected chi connectivity index (χ0v) is 12.1. The molecule has 1 nitrogen and oxygen atoms in total. The van der Waals surface area contributed by atoms with E-state index in [2.05, 4.69) is 66.4 Å². The van der Waals surface area contributed by atoms with Gasteiger partial charge in [0.05, 0.1) is 0 Å². The van der Waals surface area contributed by atoms with Crippen LogP contribution >= 0.6 is 11.6 Å². The summed E-state index contributed by atoms with van der Waals surface area (Å²) in [6.07, 6.45) is 1.05. The minimum atomic E-state index is 0.655. The monoisotopic (exact) mass is 273 g/mol. The second-order valence-electron chi connectivity index (χ2n) is 4.75. The number of benzene rings is 2. The molecule has 0 fully saturated rings. The Morgan fingerprint density at radius 2 is 1.74 bits per heavy atom. The average Bonchev–Trinajstić information content (AvgIpc) is 2.44. The minimum absolute atomic E-state index is 0.655. The molecule has 0 saturated heterocycles. The van der Waals surface area contributed by atoms with Gasteiger partial charge in [0.1, 0.15) is 0 Å². The van der Waals surface area contributed by atoms with Gasteiger partial charge in [-0.25, -0.2) is 0 Å². The predicted molar refractivity (Wildman–Crippen MR) is 84.3 cm³/mol. The van der Waals surface area contributed by atoms with Gasteiger partial charge in [0.25, 0.3) is 0 Å². The van der Waals surface area contributed by atoms with E-state index < -0.39 is 0 Å². The summed E-state index contributed by atoms with van der Waals surface area (Å²) in [7, 11) is 0. The Morgan fingerprint density at radius 1 is 0.947 bits per heavy atom. The molecule has 2 aromatic carbocycles. The second-order valence-corrected chi connectivity index (χ2v) is 5.13. The molecule has 2 heteroatoms. The Bertz CT molecular complexity index is 496. The maximum atomic E-state index is 5.93. The van der Waals surface area contributed by atoms with Crippen molar-refractivity contribution in [3.63, 3.8) is 0 Å². The Labute approximate surface area is 120 Å². The van der Waals surface area contributed by atoms with Crippen molar-refractivity contribution in [3.8, 4) is 0 Å². The summed E-state index contributed by atoms with van der Waals surface area (Å²) < 4.78 is 0. The lowest BCUT2D eigenvalue weighted by molar-refractivity contribution is 0.811. The van der Waals surface area contributed by atoms with Crippen LogP contribution in [-0.4, -0.2) is 19.0 Å². The fraction of sp³-hybridized carbons (Fsp3) is 0.294. The highest BCUT2D eigenvalue weighted by molar-refractivity contribution is 6.18. The van der Waals surface area contributed by atoms with Gasteiger partial charge in [0.2, 0.25) is 0 Å². The van der Waals surface area contributed by atoms with Crippen LogP contribution in [0.1, 0.15) is 11.1 Å². The second kappa shape index (κ2) is 7.20. The van der Waals surface area contributed by atoms with Crippen LogP contribution in [-0.2, 0) is 6.42 Å². The van der Waals surface area contributed by atoms with E-state index in [0.29, 0.717) is 5.88 Å². The topological polar surface area (TPSA) is 3.24 Å². The molecule has 100 valence electrons. The number of halogens is 1. The number of nitrogens with zero attached hydrogens (tertiary/aromatic N) is 1. The largest absolute Gasteiger partial charge is 0.370 e. The van der Waals surface area contributed by atoms with Crippen LogP contribution in [0.5, 0.6) is 0 Å². The lowest BCUT2D eigenvalue weighted by Gasteiger charge is -2.24. The first-order valence-corrected chi connectivity index (χ1v) is 7.24. The van der Waals surface area contributed by atoms with Crippen LogP contribution in [0.3, 0.4) is 0 Å². The van der Waals surface area contributed by atoms with E-state index in [4.69, 9.17) is 11.6 Å². The van der Waals surface area contributed by atoms with Crippen molar-refractivity contribution in [2.75, 3.05) is 23.9 Å². The molecule has 0 aliphatic rings. The van der Waals surface area contributed by atoms with Crippen LogP contribution in [0.25, 0.3) is 0 Å². The van der Waals surface area contributed by atoms with Crippen LogP contribution in [0.15, 0.2) is 54.6 Å². The summed E-state index contributed by atoms with van der Waals surface area (Å²) in [4.78, 5) is 2.35. The Hall–Kier alpha value is -1.47. The van der Waals surface area contributed by atoms with Gasteiger partial charge in [-0.15, -0.1) is 11.6 Å². The number of aryl methyl sites for hydroxylation is 1. The van der Waals surface area contributed by atoms with Crippen LogP contribution in [0.2, 0.25) is 0 Å². The third-order valence-electron chi connectivity index (χ3n) is 3.23. The average molecular weight is 274 g/mol. The number of alkyl halides is 1. The fourth-order valence-corrected chi connectivity index (χ4v) is 2.41. The summed E-state index contributed by atoms with van der Waals surface area (Å²) >= 11 is 5.93. The van der Waals surface area contributed by atoms with Gasteiger partial charge in [-0.2, -0.15) is 0 Å². The predicted octanol–water partition coefficient (Wildman–Crippen LogP) is 4.28. The van der Waals surface area contributed by atoms with Crippen molar-refractivity contribution < 1.29 is 0 Å². The molecule has 0 heterocycles. The zero-order chi connectivity index (χ0) is 13.5. The fourth-order valence-electron chi connectivity index (χ4n) is 2.21. The van der Waals surface area contributed by atoms with Crippen LogP contribution in [0.4, 0.5) is 5.69 Å². The summed E-state index contributed by atoms with van der Waals surface area (Å²) in [5.74, 6) is 0.655. The number of anilines is 1. The van der Waals surface area contributed by atoms with Crippen LogP contribution < -0.4 is 4.90 Å². The van der Waals surface area contributed by atoms with Crippen molar-refractivity contribution in [3.05, 3.63) is 65.7 Å². The molecule has 0 aromatic heterocycles. The van der Waals surface area contributed by atoms with Crippen molar-refractivity contribution in [1.29, 1.82) is 0 Å². The molecular weight excluding hydrogens is 254 g/mol. The zero-order valence-electron chi connectivity index (χ0n) is 11.3. The molecule has 0 aliphatic carbocycles. The van der Waals surface area contributed by atoms with Gasteiger partial charge in [0, 0.05) is 24.7 Å². The first kappa shape index (κ1) is 14.0. The Kier molecular flexibility index (Phi) is 5.29. The quantitative estimate of drug-likeness (QED) is 0.710. The van der Waals surface area contributed by atoms with E-state index in [-0.39, 0.29) is 0 Å². The Morgan fingerprint density at radius 3 is 2.42 bits per heavy atom. The van der Waals surface area contributed by atoms with E-state index >= 15 is 0 Å². The maximum absolute atomic E-state index is 5.93. The van der Waals surface area contributed by atoms with Gasteiger partial charge in [-0.05, 0) is 36.6 Å². The lowest BCUT2D eigenvalue weighted by Crippen LogP contribution is -2.27. The molecule has 19 heavy (non-hydrogen) atoms. The molecule has 0 bridgehead atoms. The van der Waals surface area contributed by atoms with E-state index in [9.17, 15) is 0 Å². The first-order chi connectivity index (χ1) is 9.29. The van der Waals surface area contributed by atoms with E-state index in [0.717, 1.165) is 19.5 Å². The summed E-state index contributed by atoms with van der Waals surface area (Å²) in [5.41, 5.74) is 3.92. The van der Waals surface area contributed by atoms with Crippen molar-refractivity contribution in [2.45, 2.75) is 13.3 Å². The van der Waals surface area contributed by atoms with Crippen molar-refractivity contribution in [2.24, 2.45) is 0 Å². The molecular formula is C17H20ClN. The smallest absolute Gasteiger partial charge is 0.0399 e. The SMILES string of the molecule is Cc1cccc(N(CCCl)CCc2ccccc2)c1. The molecule has 2 aromatic rings. The summed E-state index contributed by atoms with van der Waals surface area (Å²) in [5, 5.41) is 0. The summed E-state index contributed by atoms with van der Waals surface area (Å²) in [6, 6.07) is 19.2. The van der Waals surface area contributed by atoms with Crippen molar-refractivity contribution >= 4 is 17.3 Å². The molecule has 0 aliphatic heterocycles. The highest BCUT2D eigenvalue weighted by Gasteiger charge is 2.06. The van der Waals surface area contributed by atoms with Gasteiger partial charge >= 0.3 is 0 Å². The van der Waals surface area contributed by atoms with Gasteiger partial charge < -0.3 is 4.90 Å². The molecule has 2 rings (SSSR count). The maximum Gasteiger partial charge on any atom is 0.0399 e.